The highest BCUT2D eigenvalue weighted by atomic mass is 16.5. The lowest BCUT2D eigenvalue weighted by molar-refractivity contribution is -0.143. The molecule has 0 unspecified atom stereocenters. The Morgan fingerprint density at radius 2 is 2.10 bits per heavy atom. The summed E-state index contributed by atoms with van der Waals surface area (Å²) < 4.78 is 5.56. The lowest BCUT2D eigenvalue weighted by atomic mass is 10.1. The number of amides is 1. The number of hydrogen-bond acceptors (Lipinski definition) is 3. The summed E-state index contributed by atoms with van der Waals surface area (Å²) in [6, 6.07) is 7.29. The minimum Gasteiger partial charge on any atom is -0.491 e. The van der Waals surface area contributed by atoms with Crippen LogP contribution in [0.5, 0.6) is 5.75 Å². The summed E-state index contributed by atoms with van der Waals surface area (Å²) in [7, 11) is 0. The van der Waals surface area contributed by atoms with Crippen molar-refractivity contribution >= 4 is 11.9 Å². The molecule has 1 aliphatic carbocycles. The van der Waals surface area contributed by atoms with Crippen molar-refractivity contribution in [3.8, 4) is 5.75 Å². The number of carbonyl (C=O) groups is 2. The number of rotatable bonds is 6. The lowest BCUT2D eigenvalue weighted by Gasteiger charge is -2.13. The molecular formula is C15H19NO4. The van der Waals surface area contributed by atoms with E-state index in [0.717, 1.165) is 5.56 Å². The first kappa shape index (κ1) is 14.4. The van der Waals surface area contributed by atoms with Gasteiger partial charge >= 0.3 is 5.97 Å². The third-order valence-electron chi connectivity index (χ3n) is 3.17. The molecule has 2 N–H and O–H groups in total. The van der Waals surface area contributed by atoms with E-state index >= 15 is 0 Å². The van der Waals surface area contributed by atoms with Crippen LogP contribution in [-0.2, 0) is 16.0 Å². The lowest BCUT2D eigenvalue weighted by Crippen LogP contribution is -2.43. The van der Waals surface area contributed by atoms with Crippen LogP contribution < -0.4 is 10.1 Å². The second-order valence-corrected chi connectivity index (χ2v) is 5.43. The number of hydrogen-bond donors (Lipinski definition) is 2. The van der Waals surface area contributed by atoms with Crippen LogP contribution in [0.2, 0.25) is 0 Å². The average Bonchev–Trinajstić information content (AvgIpc) is 3.09. The van der Waals surface area contributed by atoms with Crippen molar-refractivity contribution < 1.29 is 19.4 Å². The van der Waals surface area contributed by atoms with E-state index < -0.39 is 11.5 Å². The van der Waals surface area contributed by atoms with Gasteiger partial charge in [-0.15, -0.1) is 0 Å². The fraction of sp³-hybridized carbons (Fsp3) is 0.467. The molecule has 0 atom stereocenters. The number of carboxylic acids is 1. The van der Waals surface area contributed by atoms with Crippen LogP contribution in [0, 0.1) is 0 Å². The van der Waals surface area contributed by atoms with Gasteiger partial charge in [-0.05, 0) is 44.4 Å². The number of benzene rings is 1. The molecule has 1 aromatic carbocycles. The maximum absolute atomic E-state index is 11.9. The molecule has 0 aromatic heterocycles. The van der Waals surface area contributed by atoms with E-state index in [1.807, 2.05) is 32.0 Å². The van der Waals surface area contributed by atoms with Gasteiger partial charge in [-0.1, -0.05) is 12.1 Å². The molecule has 5 heteroatoms. The fourth-order valence-corrected chi connectivity index (χ4v) is 2.01. The van der Waals surface area contributed by atoms with Gasteiger partial charge in [-0.2, -0.15) is 0 Å². The molecule has 1 saturated carbocycles. The molecule has 1 aliphatic rings. The van der Waals surface area contributed by atoms with Gasteiger partial charge in [-0.3, -0.25) is 4.79 Å². The number of carboxylic acid groups (broad SMARTS) is 1. The van der Waals surface area contributed by atoms with Crippen molar-refractivity contribution in [1.82, 2.24) is 5.32 Å². The molecule has 20 heavy (non-hydrogen) atoms. The Labute approximate surface area is 117 Å². The first-order valence-corrected chi connectivity index (χ1v) is 6.71. The van der Waals surface area contributed by atoms with Crippen LogP contribution in [0.1, 0.15) is 32.3 Å². The van der Waals surface area contributed by atoms with Gasteiger partial charge in [-0.25, -0.2) is 4.79 Å². The first-order chi connectivity index (χ1) is 9.41. The van der Waals surface area contributed by atoms with Crippen LogP contribution >= 0.6 is 0 Å². The molecule has 0 heterocycles. The predicted molar refractivity (Wildman–Crippen MR) is 73.7 cm³/mol. The third-order valence-corrected chi connectivity index (χ3v) is 3.17. The standard InChI is InChI=1S/C15H19NO4/c1-10(2)20-12-5-3-4-11(8-12)9-13(17)16-15(6-7-15)14(18)19/h3-5,8,10H,6-7,9H2,1-2H3,(H,16,17)(H,18,19). The van der Waals surface area contributed by atoms with E-state index in [1.54, 1.807) is 6.07 Å². The van der Waals surface area contributed by atoms with E-state index in [4.69, 9.17) is 9.84 Å². The molecule has 1 amide bonds. The highest BCUT2D eigenvalue weighted by molar-refractivity contribution is 5.90. The minimum absolute atomic E-state index is 0.0702. The van der Waals surface area contributed by atoms with Gasteiger partial charge in [0.2, 0.25) is 5.91 Å². The monoisotopic (exact) mass is 277 g/mol. The minimum atomic E-state index is -1.02. The van der Waals surface area contributed by atoms with Gasteiger partial charge in [0.05, 0.1) is 12.5 Å². The SMILES string of the molecule is CC(C)Oc1cccc(CC(=O)NC2(C(=O)O)CC2)c1. The highest BCUT2D eigenvalue weighted by Gasteiger charge is 2.51. The summed E-state index contributed by atoms with van der Waals surface area (Å²) in [6.07, 6.45) is 1.24. The van der Waals surface area contributed by atoms with Crippen LogP contribution in [0.15, 0.2) is 24.3 Å². The summed E-state index contributed by atoms with van der Waals surface area (Å²) in [6.45, 7) is 3.87. The van der Waals surface area contributed by atoms with Gasteiger partial charge in [0.15, 0.2) is 0 Å². The number of aliphatic carboxylic acids is 1. The normalized spacial score (nSPS) is 15.8. The second kappa shape index (κ2) is 5.53. The van der Waals surface area contributed by atoms with Crippen molar-refractivity contribution in [2.45, 2.75) is 44.8 Å². The maximum atomic E-state index is 11.9. The molecule has 0 radical (unpaired) electrons. The Kier molecular flexibility index (Phi) is 3.97. The molecule has 108 valence electrons. The average molecular weight is 277 g/mol. The Hall–Kier alpha value is -2.04. The van der Waals surface area contributed by atoms with E-state index in [0.29, 0.717) is 18.6 Å². The smallest absolute Gasteiger partial charge is 0.329 e. The van der Waals surface area contributed by atoms with Gasteiger partial charge in [0.25, 0.3) is 0 Å². The molecule has 0 aliphatic heterocycles. The third kappa shape index (κ3) is 3.50. The summed E-state index contributed by atoms with van der Waals surface area (Å²) in [4.78, 5) is 22.9. The van der Waals surface area contributed by atoms with Crippen LogP contribution in [0.4, 0.5) is 0 Å². The Bertz CT molecular complexity index is 520. The molecule has 1 fully saturated rings. The number of nitrogens with one attached hydrogen (secondary N) is 1. The first-order valence-electron chi connectivity index (χ1n) is 6.71. The molecular weight excluding hydrogens is 258 g/mol. The zero-order chi connectivity index (χ0) is 14.8. The molecule has 2 rings (SSSR count). The highest BCUT2D eigenvalue weighted by Crippen LogP contribution is 2.35. The Morgan fingerprint density at radius 3 is 2.65 bits per heavy atom. The van der Waals surface area contributed by atoms with Crippen molar-refractivity contribution in [3.05, 3.63) is 29.8 Å². The summed E-state index contributed by atoms with van der Waals surface area (Å²) in [5.74, 6) is -0.515. The number of carbonyl (C=O) groups excluding carboxylic acids is 1. The zero-order valence-electron chi connectivity index (χ0n) is 11.7. The summed E-state index contributed by atoms with van der Waals surface area (Å²) in [5.41, 5.74) is -0.217. The molecule has 1 aromatic rings. The molecule has 0 spiro atoms. The quantitative estimate of drug-likeness (QED) is 0.830. The summed E-state index contributed by atoms with van der Waals surface area (Å²) >= 11 is 0. The zero-order valence-corrected chi connectivity index (χ0v) is 11.7. The van der Waals surface area contributed by atoms with E-state index in [-0.39, 0.29) is 18.4 Å². The van der Waals surface area contributed by atoms with Crippen LogP contribution in [0.25, 0.3) is 0 Å². The van der Waals surface area contributed by atoms with Gasteiger partial charge in [0.1, 0.15) is 11.3 Å². The van der Waals surface area contributed by atoms with Crippen LogP contribution in [-0.4, -0.2) is 28.6 Å². The number of ether oxygens (including phenoxy) is 1. The molecule has 0 saturated heterocycles. The topological polar surface area (TPSA) is 75.6 Å². The summed E-state index contributed by atoms with van der Waals surface area (Å²) in [5, 5.41) is 11.6. The van der Waals surface area contributed by atoms with Crippen molar-refractivity contribution in [3.63, 3.8) is 0 Å². The van der Waals surface area contributed by atoms with Crippen molar-refractivity contribution in [2.75, 3.05) is 0 Å². The fourth-order valence-electron chi connectivity index (χ4n) is 2.01. The van der Waals surface area contributed by atoms with E-state index in [9.17, 15) is 9.59 Å². The van der Waals surface area contributed by atoms with Gasteiger partial charge in [0, 0.05) is 0 Å². The molecule has 5 nitrogen and oxygen atoms in total. The Morgan fingerprint density at radius 1 is 1.40 bits per heavy atom. The van der Waals surface area contributed by atoms with Gasteiger partial charge < -0.3 is 15.2 Å². The second-order valence-electron chi connectivity index (χ2n) is 5.43. The molecule has 0 bridgehead atoms. The van der Waals surface area contributed by atoms with Crippen molar-refractivity contribution in [2.24, 2.45) is 0 Å². The maximum Gasteiger partial charge on any atom is 0.329 e. The van der Waals surface area contributed by atoms with E-state index in [2.05, 4.69) is 5.32 Å². The predicted octanol–water partition coefficient (Wildman–Crippen LogP) is 1.75. The van der Waals surface area contributed by atoms with Crippen LogP contribution in [0.3, 0.4) is 0 Å². The van der Waals surface area contributed by atoms with Crippen molar-refractivity contribution in [1.29, 1.82) is 0 Å². The van der Waals surface area contributed by atoms with E-state index in [1.165, 1.54) is 0 Å². The largest absolute Gasteiger partial charge is 0.491 e. The Balaban J connectivity index is 1.96.